The molecule has 56 heavy (non-hydrogen) atoms. The highest BCUT2D eigenvalue weighted by Crippen LogP contribution is 2.27. The van der Waals surface area contributed by atoms with Crippen LogP contribution >= 0.6 is 0 Å². The van der Waals surface area contributed by atoms with Crippen LogP contribution in [0.3, 0.4) is 0 Å². The Morgan fingerprint density at radius 3 is 1.68 bits per heavy atom. The van der Waals surface area contributed by atoms with Gasteiger partial charge in [0.2, 0.25) is 0 Å². The maximum absolute atomic E-state index is 5.93. The molecule has 0 spiro atoms. The molecule has 0 aromatic heterocycles. The van der Waals surface area contributed by atoms with E-state index in [-0.39, 0.29) is 0 Å². The fourth-order valence-corrected chi connectivity index (χ4v) is 4.07. The van der Waals surface area contributed by atoms with E-state index in [1.54, 1.807) is 19.2 Å². The Hall–Kier alpha value is -4.73. The summed E-state index contributed by atoms with van der Waals surface area (Å²) in [6.45, 7) is 34.0. The van der Waals surface area contributed by atoms with E-state index in [0.717, 1.165) is 36.2 Å². The summed E-state index contributed by atoms with van der Waals surface area (Å²) in [5.41, 5.74) is 21.5. The molecule has 0 aliphatic heterocycles. The fraction of sp³-hybridized carbons (Fsp3) is 0.377. The third-order valence-corrected chi connectivity index (χ3v) is 7.25. The van der Waals surface area contributed by atoms with Crippen molar-refractivity contribution in [2.24, 2.45) is 16.5 Å². The summed E-state index contributed by atoms with van der Waals surface area (Å²) in [6, 6.07) is 20.6. The second kappa shape index (κ2) is 48.3. The van der Waals surface area contributed by atoms with Gasteiger partial charge in [-0.3, -0.25) is 4.99 Å². The molecular formula is C53H85N3. The molecule has 0 saturated heterocycles. The number of allylic oxidation sites excluding steroid dienone is 17. The first kappa shape index (κ1) is 60.5. The van der Waals surface area contributed by atoms with Gasteiger partial charge in [0.15, 0.2) is 0 Å². The second-order valence-corrected chi connectivity index (χ2v) is 11.4. The first-order chi connectivity index (χ1) is 27.2. The summed E-state index contributed by atoms with van der Waals surface area (Å²) >= 11 is 0. The number of hydrogen-bond donors (Lipinski definition) is 2. The molecule has 4 rings (SSSR count). The molecule has 0 atom stereocenters. The van der Waals surface area contributed by atoms with Crippen LogP contribution in [0.4, 0.5) is 0 Å². The predicted molar refractivity (Wildman–Crippen MR) is 264 cm³/mol. The van der Waals surface area contributed by atoms with Gasteiger partial charge < -0.3 is 11.5 Å². The summed E-state index contributed by atoms with van der Waals surface area (Å²) in [6.07, 6.45) is 30.0. The Labute approximate surface area is 348 Å². The minimum atomic E-state index is 0.854. The van der Waals surface area contributed by atoms with Crippen molar-refractivity contribution in [3.63, 3.8) is 0 Å². The summed E-state index contributed by atoms with van der Waals surface area (Å²) in [4.78, 5) is 4.11. The van der Waals surface area contributed by atoms with E-state index < -0.39 is 0 Å². The number of aliphatic imine (C=N–C) groups is 1. The van der Waals surface area contributed by atoms with Crippen molar-refractivity contribution in [2.75, 3.05) is 14.1 Å². The van der Waals surface area contributed by atoms with E-state index in [1.807, 2.05) is 110 Å². The molecule has 0 radical (unpaired) electrons. The van der Waals surface area contributed by atoms with Crippen molar-refractivity contribution in [3.05, 3.63) is 180 Å². The molecule has 3 nitrogen and oxygen atoms in total. The first-order valence-corrected chi connectivity index (χ1v) is 20.7. The van der Waals surface area contributed by atoms with Gasteiger partial charge in [-0.1, -0.05) is 226 Å². The van der Waals surface area contributed by atoms with Crippen molar-refractivity contribution in [1.82, 2.24) is 0 Å². The summed E-state index contributed by atoms with van der Waals surface area (Å²) < 4.78 is 0. The van der Waals surface area contributed by atoms with Crippen LogP contribution < -0.4 is 11.5 Å². The van der Waals surface area contributed by atoms with Crippen molar-refractivity contribution < 1.29 is 0 Å². The lowest BCUT2D eigenvalue weighted by atomic mass is 10.0. The van der Waals surface area contributed by atoms with Gasteiger partial charge in [-0.15, -0.1) is 0 Å². The van der Waals surface area contributed by atoms with E-state index in [0.29, 0.717) is 0 Å². The lowest BCUT2D eigenvalue weighted by Gasteiger charge is -2.01. The zero-order chi connectivity index (χ0) is 44.0. The molecule has 2 aliphatic rings. The third kappa shape index (κ3) is 35.0. The van der Waals surface area contributed by atoms with Crippen LogP contribution in [0.15, 0.2) is 174 Å². The number of nitrogens with zero attached hydrogens (tertiary/aromatic N) is 1. The van der Waals surface area contributed by atoms with Crippen LogP contribution in [0.2, 0.25) is 0 Å². The first-order valence-electron chi connectivity index (χ1n) is 20.7. The molecule has 2 aliphatic carbocycles. The maximum Gasteiger partial charge on any atom is 0.0634 e. The lowest BCUT2D eigenvalue weighted by Crippen LogP contribution is -1.95. The minimum Gasteiger partial charge on any atom is -0.398 e. The smallest absolute Gasteiger partial charge is 0.0634 e. The minimum absolute atomic E-state index is 0.854. The molecular weight excluding hydrogens is 679 g/mol. The Bertz CT molecular complexity index is 1470. The molecule has 0 heterocycles. The molecule has 0 saturated carbocycles. The molecule has 0 unspecified atom stereocenters. The second-order valence-electron chi connectivity index (χ2n) is 11.4. The van der Waals surface area contributed by atoms with Gasteiger partial charge >= 0.3 is 0 Å². The maximum atomic E-state index is 5.93. The van der Waals surface area contributed by atoms with E-state index in [2.05, 4.69) is 125 Å². The Morgan fingerprint density at radius 1 is 0.768 bits per heavy atom. The van der Waals surface area contributed by atoms with Crippen molar-refractivity contribution >= 4 is 17.0 Å². The highest BCUT2D eigenvalue weighted by Gasteiger charge is 2.06. The quantitative estimate of drug-likeness (QED) is 0.152. The van der Waals surface area contributed by atoms with Crippen molar-refractivity contribution in [1.29, 1.82) is 0 Å². The standard InChI is InChI=1S/C13H17N.C12H12.C10H13N.C7H10.C4H10.3C2H6.CH5N/c1-3-11(2)9-10-13(14)12-7-5-4-6-8-12;1-10-7-8-12(9-10)11-5-3-2-4-6-11;1-4-10(11-3)9-6-5-8(2)7-9;1-3-5-7-6-4-2;1-3-4-2;4*1-2/h3-8,10H,9,14H2,1-2H3;2-8H,9H2,1H3;4,6-7H,1,5H2,2-3H3;3-7H,1H2,2H3;3-4H2,1-2H3;3*1-2H3;2H2,1H3/b11-3+,13-10-;;;6-4-,7-5-;;;;;. The number of unbranched alkanes of at least 4 members (excludes halogenated alkanes) is 1. The van der Waals surface area contributed by atoms with Gasteiger partial charge in [-0.2, -0.15) is 0 Å². The van der Waals surface area contributed by atoms with Crippen LogP contribution in [-0.4, -0.2) is 19.8 Å². The van der Waals surface area contributed by atoms with Crippen LogP contribution in [-0.2, 0) is 0 Å². The van der Waals surface area contributed by atoms with E-state index >= 15 is 0 Å². The molecule has 0 bridgehead atoms. The van der Waals surface area contributed by atoms with Crippen molar-refractivity contribution in [3.8, 4) is 0 Å². The normalized spacial score (nSPS) is 12.5. The van der Waals surface area contributed by atoms with Gasteiger partial charge in [-0.05, 0) is 89.3 Å². The fourth-order valence-electron chi connectivity index (χ4n) is 4.07. The van der Waals surface area contributed by atoms with Crippen molar-refractivity contribution in [2.45, 2.75) is 122 Å². The Balaban J connectivity index is -0.000000192. The highest BCUT2D eigenvalue weighted by molar-refractivity contribution is 6.10. The SMILES string of the molecule is C/C=C(\C)C/C=C(\N)c1ccccc1.C=C/C=C\C=C/C.C=CC(=NC)C1=CCC(C)=C1.CC.CC.CC.CC1=CC=C(c2ccccc2)C1.CCCC.CN. The zero-order valence-electron chi connectivity index (χ0n) is 38.8. The Kier molecular flexibility index (Phi) is 52.2. The van der Waals surface area contributed by atoms with Crippen LogP contribution in [0.1, 0.15) is 133 Å². The molecule has 4 N–H and O–H groups in total. The molecule has 0 fully saturated rings. The molecule has 0 amide bonds. The number of nitrogens with two attached hydrogens (primary N) is 2. The third-order valence-electron chi connectivity index (χ3n) is 7.25. The van der Waals surface area contributed by atoms with Gasteiger partial charge in [0.05, 0.1) is 5.71 Å². The summed E-state index contributed by atoms with van der Waals surface area (Å²) in [5.74, 6) is 0. The van der Waals surface area contributed by atoms with Gasteiger partial charge in [0, 0.05) is 12.7 Å². The number of hydrogen-bond acceptors (Lipinski definition) is 3. The zero-order valence-corrected chi connectivity index (χ0v) is 38.8. The van der Waals surface area contributed by atoms with Gasteiger partial charge in [0.1, 0.15) is 0 Å². The Morgan fingerprint density at radius 2 is 1.30 bits per heavy atom. The highest BCUT2D eigenvalue weighted by atomic mass is 14.7. The summed E-state index contributed by atoms with van der Waals surface area (Å²) in [7, 11) is 3.29. The van der Waals surface area contributed by atoms with E-state index in [4.69, 9.17) is 5.73 Å². The molecule has 3 heteroatoms. The molecule has 2 aromatic carbocycles. The van der Waals surface area contributed by atoms with E-state index in [1.165, 1.54) is 53.3 Å². The van der Waals surface area contributed by atoms with Gasteiger partial charge in [-0.25, -0.2) is 0 Å². The largest absolute Gasteiger partial charge is 0.398 e. The number of benzene rings is 2. The topological polar surface area (TPSA) is 64.4 Å². The van der Waals surface area contributed by atoms with Crippen LogP contribution in [0, 0.1) is 0 Å². The monoisotopic (exact) mass is 764 g/mol. The summed E-state index contributed by atoms with van der Waals surface area (Å²) in [5, 5.41) is 0. The molecule has 2 aromatic rings. The molecule has 312 valence electrons. The van der Waals surface area contributed by atoms with Gasteiger partial charge in [0.25, 0.3) is 0 Å². The van der Waals surface area contributed by atoms with Crippen LogP contribution in [0.5, 0.6) is 0 Å². The average Bonchev–Trinajstić information content (AvgIpc) is 3.92. The van der Waals surface area contributed by atoms with Crippen LogP contribution in [0.25, 0.3) is 11.3 Å². The lowest BCUT2D eigenvalue weighted by molar-refractivity contribution is 0.886. The predicted octanol–water partition coefficient (Wildman–Crippen LogP) is 16.0. The number of rotatable bonds is 9. The average molecular weight is 764 g/mol. The van der Waals surface area contributed by atoms with E-state index in [9.17, 15) is 0 Å².